The van der Waals surface area contributed by atoms with E-state index in [0.29, 0.717) is 22.1 Å². The molecular formula is C19H16ClN3O5S. The van der Waals surface area contributed by atoms with Crippen LogP contribution in [0.3, 0.4) is 0 Å². The molecule has 29 heavy (non-hydrogen) atoms. The molecule has 3 rings (SSSR count). The van der Waals surface area contributed by atoms with Crippen molar-refractivity contribution < 1.29 is 18.1 Å². The van der Waals surface area contributed by atoms with Crippen LogP contribution in [0.1, 0.15) is 0 Å². The highest BCUT2D eigenvalue weighted by Gasteiger charge is 2.19. The SMILES string of the molecule is COc1ccccc1Nc1ccc([N+](=O)[O-])cc1NS(=O)(=O)c1ccc(Cl)cc1. The molecule has 0 aromatic heterocycles. The Kier molecular flexibility index (Phi) is 5.90. The summed E-state index contributed by atoms with van der Waals surface area (Å²) in [6.45, 7) is 0. The Morgan fingerprint density at radius 3 is 2.31 bits per heavy atom. The second-order valence-electron chi connectivity index (χ2n) is 5.87. The molecule has 0 bridgehead atoms. The van der Waals surface area contributed by atoms with Gasteiger partial charge in [-0.15, -0.1) is 0 Å². The Morgan fingerprint density at radius 2 is 1.66 bits per heavy atom. The fraction of sp³-hybridized carbons (Fsp3) is 0.0526. The van der Waals surface area contributed by atoms with Gasteiger partial charge < -0.3 is 10.1 Å². The summed E-state index contributed by atoms with van der Waals surface area (Å²) in [4.78, 5) is 10.5. The lowest BCUT2D eigenvalue weighted by Crippen LogP contribution is -2.14. The van der Waals surface area contributed by atoms with Gasteiger partial charge in [-0.25, -0.2) is 8.42 Å². The monoisotopic (exact) mass is 433 g/mol. The molecule has 0 fully saturated rings. The molecule has 0 saturated carbocycles. The van der Waals surface area contributed by atoms with Gasteiger partial charge in [0.25, 0.3) is 15.7 Å². The molecule has 0 heterocycles. The highest BCUT2D eigenvalue weighted by Crippen LogP contribution is 2.34. The van der Waals surface area contributed by atoms with E-state index in [4.69, 9.17) is 16.3 Å². The van der Waals surface area contributed by atoms with Gasteiger partial charge >= 0.3 is 0 Å². The normalized spacial score (nSPS) is 11.0. The highest BCUT2D eigenvalue weighted by molar-refractivity contribution is 7.92. The van der Waals surface area contributed by atoms with Crippen LogP contribution in [0.25, 0.3) is 0 Å². The number of nitro groups is 1. The van der Waals surface area contributed by atoms with Gasteiger partial charge in [-0.3, -0.25) is 14.8 Å². The molecule has 2 N–H and O–H groups in total. The number of halogens is 1. The number of non-ortho nitro benzene ring substituents is 1. The number of nitrogens with zero attached hydrogens (tertiary/aromatic N) is 1. The van der Waals surface area contributed by atoms with E-state index in [9.17, 15) is 18.5 Å². The molecule has 3 aromatic rings. The Balaban J connectivity index is 2.02. The molecule has 0 spiro atoms. The van der Waals surface area contributed by atoms with E-state index in [0.717, 1.165) is 6.07 Å². The van der Waals surface area contributed by atoms with Crippen LogP contribution in [0.4, 0.5) is 22.7 Å². The zero-order chi connectivity index (χ0) is 21.0. The predicted molar refractivity (Wildman–Crippen MR) is 112 cm³/mol. The number of para-hydroxylation sites is 2. The van der Waals surface area contributed by atoms with Crippen molar-refractivity contribution in [1.29, 1.82) is 0 Å². The van der Waals surface area contributed by atoms with Gasteiger partial charge in [-0.1, -0.05) is 23.7 Å². The van der Waals surface area contributed by atoms with Crippen molar-refractivity contribution in [2.75, 3.05) is 17.1 Å². The summed E-state index contributed by atoms with van der Waals surface area (Å²) < 4.78 is 33.2. The van der Waals surface area contributed by atoms with Gasteiger partial charge in [-0.05, 0) is 42.5 Å². The van der Waals surface area contributed by atoms with E-state index in [1.807, 2.05) is 0 Å². The van der Waals surface area contributed by atoms with E-state index in [1.54, 1.807) is 24.3 Å². The molecule has 0 amide bonds. The van der Waals surface area contributed by atoms with Crippen LogP contribution in [0.2, 0.25) is 5.02 Å². The standard InChI is InChI=1S/C19H16ClN3O5S/c1-28-19-5-3-2-4-17(19)21-16-11-8-14(23(24)25)12-18(16)22-29(26,27)15-9-6-13(20)7-10-15/h2-12,21-22H,1H3. The molecule has 0 aliphatic heterocycles. The number of rotatable bonds is 7. The Bertz CT molecular complexity index is 1150. The van der Waals surface area contributed by atoms with Crippen molar-refractivity contribution in [3.63, 3.8) is 0 Å². The molecule has 0 aliphatic carbocycles. The second kappa shape index (κ2) is 8.38. The lowest BCUT2D eigenvalue weighted by atomic mass is 10.2. The molecule has 0 atom stereocenters. The number of hydrogen-bond donors (Lipinski definition) is 2. The Morgan fingerprint density at radius 1 is 0.966 bits per heavy atom. The summed E-state index contributed by atoms with van der Waals surface area (Å²) in [6.07, 6.45) is 0. The summed E-state index contributed by atoms with van der Waals surface area (Å²) in [5.74, 6) is 0.525. The van der Waals surface area contributed by atoms with E-state index in [1.165, 1.54) is 43.5 Å². The van der Waals surface area contributed by atoms with Crippen molar-refractivity contribution in [1.82, 2.24) is 0 Å². The van der Waals surface area contributed by atoms with Crippen molar-refractivity contribution in [2.24, 2.45) is 0 Å². The first-order valence-corrected chi connectivity index (χ1v) is 10.1. The van der Waals surface area contributed by atoms with Crippen molar-refractivity contribution >= 4 is 44.4 Å². The second-order valence-corrected chi connectivity index (χ2v) is 7.99. The molecule has 0 aliphatic rings. The number of sulfonamides is 1. The zero-order valence-corrected chi connectivity index (χ0v) is 16.7. The van der Waals surface area contributed by atoms with Gasteiger partial charge in [0.1, 0.15) is 5.75 Å². The summed E-state index contributed by atoms with van der Waals surface area (Å²) in [5, 5.41) is 14.6. The maximum absolute atomic E-state index is 12.7. The fourth-order valence-electron chi connectivity index (χ4n) is 2.55. The number of nitro benzene ring substituents is 1. The van der Waals surface area contributed by atoms with Crippen LogP contribution in [-0.4, -0.2) is 20.5 Å². The minimum absolute atomic E-state index is 0.0139. The van der Waals surface area contributed by atoms with Crippen LogP contribution in [0.15, 0.2) is 71.6 Å². The number of benzene rings is 3. The predicted octanol–water partition coefficient (Wildman–Crippen LogP) is 4.80. The van der Waals surface area contributed by atoms with E-state index in [-0.39, 0.29) is 16.3 Å². The van der Waals surface area contributed by atoms with Crippen LogP contribution in [-0.2, 0) is 10.0 Å². The van der Waals surface area contributed by atoms with Crippen LogP contribution >= 0.6 is 11.6 Å². The van der Waals surface area contributed by atoms with Gasteiger partial charge in [0.05, 0.1) is 34.0 Å². The largest absolute Gasteiger partial charge is 0.495 e. The van der Waals surface area contributed by atoms with E-state index >= 15 is 0 Å². The first-order chi connectivity index (χ1) is 13.8. The maximum atomic E-state index is 12.7. The minimum atomic E-state index is -4.01. The topological polar surface area (TPSA) is 111 Å². The average molecular weight is 434 g/mol. The first-order valence-electron chi connectivity index (χ1n) is 8.27. The Labute approximate surface area is 172 Å². The van der Waals surface area contributed by atoms with Gasteiger partial charge in [0.2, 0.25) is 0 Å². The fourth-order valence-corrected chi connectivity index (χ4v) is 3.75. The number of hydrogen-bond acceptors (Lipinski definition) is 6. The first kappa shape index (κ1) is 20.4. The highest BCUT2D eigenvalue weighted by atomic mass is 35.5. The van der Waals surface area contributed by atoms with Gasteiger partial charge in [0.15, 0.2) is 0 Å². The van der Waals surface area contributed by atoms with Crippen LogP contribution < -0.4 is 14.8 Å². The molecule has 0 radical (unpaired) electrons. The van der Waals surface area contributed by atoms with Gasteiger partial charge in [0, 0.05) is 17.2 Å². The quantitative estimate of drug-likeness (QED) is 0.409. The minimum Gasteiger partial charge on any atom is -0.495 e. The number of anilines is 3. The number of ether oxygens (including phenoxy) is 1. The van der Waals surface area contributed by atoms with Crippen LogP contribution in [0, 0.1) is 10.1 Å². The molecular weight excluding hydrogens is 418 g/mol. The Hall–Kier alpha value is -3.30. The maximum Gasteiger partial charge on any atom is 0.271 e. The summed E-state index contributed by atoms with van der Waals surface area (Å²) in [6, 6.07) is 16.4. The smallest absolute Gasteiger partial charge is 0.271 e. The van der Waals surface area contributed by atoms with Crippen molar-refractivity contribution in [3.05, 3.63) is 81.9 Å². The molecule has 8 nitrogen and oxygen atoms in total. The molecule has 0 saturated heterocycles. The zero-order valence-electron chi connectivity index (χ0n) is 15.1. The van der Waals surface area contributed by atoms with Crippen LogP contribution in [0.5, 0.6) is 5.75 Å². The van der Waals surface area contributed by atoms with E-state index < -0.39 is 14.9 Å². The third-order valence-corrected chi connectivity index (χ3v) is 5.59. The number of methoxy groups -OCH3 is 1. The lowest BCUT2D eigenvalue weighted by molar-refractivity contribution is -0.384. The van der Waals surface area contributed by atoms with Crippen molar-refractivity contribution in [3.8, 4) is 5.75 Å². The third-order valence-electron chi connectivity index (χ3n) is 3.96. The third kappa shape index (κ3) is 4.76. The summed E-state index contributed by atoms with van der Waals surface area (Å²) in [5.41, 5.74) is 0.637. The van der Waals surface area contributed by atoms with E-state index in [2.05, 4.69) is 10.0 Å². The van der Waals surface area contributed by atoms with Crippen molar-refractivity contribution in [2.45, 2.75) is 4.90 Å². The molecule has 3 aromatic carbocycles. The molecule has 10 heteroatoms. The average Bonchev–Trinajstić information content (AvgIpc) is 2.69. The molecule has 150 valence electrons. The lowest BCUT2D eigenvalue weighted by Gasteiger charge is -2.16. The summed E-state index contributed by atoms with van der Waals surface area (Å²) >= 11 is 5.81. The number of nitrogens with one attached hydrogen (secondary N) is 2. The summed E-state index contributed by atoms with van der Waals surface area (Å²) in [7, 11) is -2.51. The van der Waals surface area contributed by atoms with Gasteiger partial charge in [-0.2, -0.15) is 0 Å². The molecule has 0 unspecified atom stereocenters.